The van der Waals surface area contributed by atoms with E-state index in [0.29, 0.717) is 10.0 Å². The lowest BCUT2D eigenvalue weighted by Crippen LogP contribution is -2.37. The Morgan fingerprint density at radius 3 is 2.67 bits per heavy atom. The average Bonchev–Trinajstić information content (AvgIpc) is 2.38. The van der Waals surface area contributed by atoms with Crippen LogP contribution in [0.3, 0.4) is 0 Å². The summed E-state index contributed by atoms with van der Waals surface area (Å²) in [5, 5.41) is 1.06. The third-order valence-corrected chi connectivity index (χ3v) is 3.60. The van der Waals surface area contributed by atoms with Gasteiger partial charge in [-0.15, -0.1) is 0 Å². The number of carbonyl (C=O) groups is 1. The van der Waals surface area contributed by atoms with Crippen LogP contribution in [0.1, 0.15) is 12.8 Å². The van der Waals surface area contributed by atoms with Crippen LogP contribution < -0.4 is 4.90 Å². The van der Waals surface area contributed by atoms with Crippen molar-refractivity contribution < 1.29 is 9.53 Å². The Morgan fingerprint density at radius 1 is 1.44 bits per heavy atom. The van der Waals surface area contributed by atoms with Crippen LogP contribution in [-0.4, -0.2) is 31.2 Å². The summed E-state index contributed by atoms with van der Waals surface area (Å²) in [4.78, 5) is 17.7. The molecule has 0 spiro atoms. The van der Waals surface area contributed by atoms with E-state index in [0.717, 1.165) is 31.7 Å². The summed E-state index contributed by atoms with van der Waals surface area (Å²) in [5.74, 6) is 0.575. The lowest BCUT2D eigenvalue weighted by Gasteiger charge is -2.31. The highest BCUT2D eigenvalue weighted by atomic mass is 35.5. The van der Waals surface area contributed by atoms with Crippen molar-refractivity contribution in [2.45, 2.75) is 12.8 Å². The molecule has 1 aromatic heterocycles. The normalized spacial score (nSPS) is 16.7. The van der Waals surface area contributed by atoms with Gasteiger partial charge in [-0.25, -0.2) is 4.98 Å². The molecular weight excluding hydrogens is 275 g/mol. The van der Waals surface area contributed by atoms with Gasteiger partial charge in [0.25, 0.3) is 0 Å². The molecule has 1 saturated heterocycles. The highest BCUT2D eigenvalue weighted by Crippen LogP contribution is 2.29. The van der Waals surface area contributed by atoms with Gasteiger partial charge >= 0.3 is 5.97 Å². The minimum Gasteiger partial charge on any atom is -0.469 e. The maximum absolute atomic E-state index is 11.4. The number of esters is 1. The topological polar surface area (TPSA) is 42.4 Å². The Kier molecular flexibility index (Phi) is 4.30. The Bertz CT molecular complexity index is 446. The largest absolute Gasteiger partial charge is 0.469 e. The predicted molar refractivity (Wildman–Crippen MR) is 71.2 cm³/mol. The molecule has 98 valence electrons. The zero-order valence-electron chi connectivity index (χ0n) is 10.0. The van der Waals surface area contributed by atoms with Crippen LogP contribution in [0.4, 0.5) is 5.82 Å². The van der Waals surface area contributed by atoms with Crippen LogP contribution in [0.15, 0.2) is 12.3 Å². The van der Waals surface area contributed by atoms with Crippen LogP contribution in [-0.2, 0) is 9.53 Å². The van der Waals surface area contributed by atoms with Crippen molar-refractivity contribution in [2.24, 2.45) is 5.92 Å². The van der Waals surface area contributed by atoms with Crippen LogP contribution in [0.2, 0.25) is 10.0 Å². The molecule has 18 heavy (non-hydrogen) atoms. The van der Waals surface area contributed by atoms with Gasteiger partial charge in [0.2, 0.25) is 0 Å². The molecule has 2 rings (SSSR count). The van der Waals surface area contributed by atoms with Gasteiger partial charge in [0, 0.05) is 19.3 Å². The minimum absolute atomic E-state index is 0.0164. The highest BCUT2D eigenvalue weighted by Gasteiger charge is 2.26. The zero-order valence-corrected chi connectivity index (χ0v) is 11.5. The van der Waals surface area contributed by atoms with E-state index in [1.807, 2.05) is 0 Å². The molecule has 0 unspecified atom stereocenters. The van der Waals surface area contributed by atoms with Gasteiger partial charge in [-0.1, -0.05) is 23.2 Å². The molecule has 6 heteroatoms. The van der Waals surface area contributed by atoms with Crippen LogP contribution >= 0.6 is 23.2 Å². The van der Waals surface area contributed by atoms with Gasteiger partial charge in [0.15, 0.2) is 0 Å². The van der Waals surface area contributed by atoms with E-state index in [-0.39, 0.29) is 11.9 Å². The first-order valence-corrected chi connectivity index (χ1v) is 6.51. The first-order valence-electron chi connectivity index (χ1n) is 5.75. The van der Waals surface area contributed by atoms with Crippen molar-refractivity contribution in [3.05, 3.63) is 22.3 Å². The molecule has 0 radical (unpaired) electrons. The molecular formula is C12H14Cl2N2O2. The first kappa shape index (κ1) is 13.4. The summed E-state index contributed by atoms with van der Waals surface area (Å²) < 4.78 is 4.75. The molecule has 0 atom stereocenters. The number of halogens is 2. The fourth-order valence-corrected chi connectivity index (χ4v) is 2.63. The fraction of sp³-hybridized carbons (Fsp3) is 0.500. The van der Waals surface area contributed by atoms with Gasteiger partial charge in [-0.2, -0.15) is 0 Å². The number of pyridine rings is 1. The average molecular weight is 289 g/mol. The van der Waals surface area contributed by atoms with E-state index in [1.54, 1.807) is 12.3 Å². The molecule has 0 amide bonds. The van der Waals surface area contributed by atoms with Crippen LogP contribution in [0.25, 0.3) is 0 Å². The number of rotatable bonds is 2. The monoisotopic (exact) mass is 288 g/mol. The van der Waals surface area contributed by atoms with E-state index in [2.05, 4.69) is 9.88 Å². The molecule has 1 aliphatic heterocycles. The Balaban J connectivity index is 2.03. The van der Waals surface area contributed by atoms with E-state index < -0.39 is 0 Å². The molecule has 1 aromatic rings. The number of hydrogen-bond donors (Lipinski definition) is 0. The third-order valence-electron chi connectivity index (χ3n) is 3.12. The quantitative estimate of drug-likeness (QED) is 0.785. The van der Waals surface area contributed by atoms with Crippen molar-refractivity contribution in [2.75, 3.05) is 25.1 Å². The molecule has 2 heterocycles. The predicted octanol–water partition coefficient (Wildman–Crippen LogP) is 2.78. The number of piperidine rings is 1. The smallest absolute Gasteiger partial charge is 0.308 e. The van der Waals surface area contributed by atoms with Gasteiger partial charge in [-0.05, 0) is 18.9 Å². The molecule has 0 N–H and O–H groups in total. The lowest BCUT2D eigenvalue weighted by atomic mass is 9.97. The second-order valence-electron chi connectivity index (χ2n) is 4.24. The molecule has 0 aromatic carbocycles. The van der Waals surface area contributed by atoms with E-state index >= 15 is 0 Å². The zero-order chi connectivity index (χ0) is 13.1. The molecule has 0 aliphatic carbocycles. The number of carbonyl (C=O) groups excluding carboxylic acids is 1. The molecule has 0 saturated carbocycles. The minimum atomic E-state index is -0.134. The van der Waals surface area contributed by atoms with Crippen molar-refractivity contribution in [3.8, 4) is 0 Å². The summed E-state index contributed by atoms with van der Waals surface area (Å²) in [5.41, 5.74) is 0. The molecule has 1 fully saturated rings. The van der Waals surface area contributed by atoms with E-state index in [9.17, 15) is 4.79 Å². The summed E-state index contributed by atoms with van der Waals surface area (Å²) >= 11 is 11.9. The van der Waals surface area contributed by atoms with Crippen LogP contribution in [0, 0.1) is 5.92 Å². The Hall–Kier alpha value is -1.000. The highest BCUT2D eigenvalue weighted by molar-refractivity contribution is 6.36. The number of methoxy groups -OCH3 is 1. The summed E-state index contributed by atoms with van der Waals surface area (Å²) in [7, 11) is 1.42. The summed E-state index contributed by atoms with van der Waals surface area (Å²) in [6, 6.07) is 1.68. The maximum Gasteiger partial charge on any atom is 0.308 e. The second kappa shape index (κ2) is 5.76. The molecule has 0 bridgehead atoms. The molecule has 1 aliphatic rings. The first-order chi connectivity index (χ1) is 8.61. The number of ether oxygens (including phenoxy) is 1. The standard InChI is InChI=1S/C12H14Cl2N2O2/c1-18-12(17)8-2-4-16(5-3-8)11-10(14)6-9(13)7-15-11/h6-8H,2-5H2,1H3. The number of nitrogens with zero attached hydrogens (tertiary/aromatic N) is 2. The van der Waals surface area contributed by atoms with Crippen molar-refractivity contribution in [1.82, 2.24) is 4.98 Å². The van der Waals surface area contributed by atoms with Gasteiger partial charge in [0.05, 0.1) is 23.1 Å². The fourth-order valence-electron chi connectivity index (χ4n) is 2.13. The van der Waals surface area contributed by atoms with E-state index in [1.165, 1.54) is 7.11 Å². The van der Waals surface area contributed by atoms with Crippen molar-refractivity contribution >= 4 is 35.0 Å². The molecule has 4 nitrogen and oxygen atoms in total. The van der Waals surface area contributed by atoms with Gasteiger partial charge in [0.1, 0.15) is 5.82 Å². The van der Waals surface area contributed by atoms with E-state index in [4.69, 9.17) is 27.9 Å². The summed E-state index contributed by atoms with van der Waals surface area (Å²) in [6.07, 6.45) is 3.09. The third kappa shape index (κ3) is 2.87. The van der Waals surface area contributed by atoms with Gasteiger partial charge in [-0.3, -0.25) is 4.79 Å². The summed E-state index contributed by atoms with van der Waals surface area (Å²) in [6.45, 7) is 1.49. The van der Waals surface area contributed by atoms with Crippen molar-refractivity contribution in [3.63, 3.8) is 0 Å². The van der Waals surface area contributed by atoms with Crippen molar-refractivity contribution in [1.29, 1.82) is 0 Å². The van der Waals surface area contributed by atoms with Gasteiger partial charge < -0.3 is 9.64 Å². The maximum atomic E-state index is 11.4. The lowest BCUT2D eigenvalue weighted by molar-refractivity contribution is -0.146. The van der Waals surface area contributed by atoms with Crippen LogP contribution in [0.5, 0.6) is 0 Å². The number of aromatic nitrogens is 1. The second-order valence-corrected chi connectivity index (χ2v) is 5.09. The number of anilines is 1. The SMILES string of the molecule is COC(=O)C1CCN(c2ncc(Cl)cc2Cl)CC1. The Morgan fingerprint density at radius 2 is 2.11 bits per heavy atom. The number of hydrogen-bond acceptors (Lipinski definition) is 4. The Labute approximate surface area is 116 Å².